The average molecular weight is 307 g/mol. The molecule has 20 heavy (non-hydrogen) atoms. The van der Waals surface area contributed by atoms with E-state index >= 15 is 0 Å². The first kappa shape index (κ1) is 17.4. The standard InChI is InChI=1S/C16H22ClF3/c17-15-11-9-14(10-12-15)8-6-4-2-1-3-5-7-13-16(18,19)20/h9-12H,1-8,13H2. The van der Waals surface area contributed by atoms with Crippen LogP contribution in [0.4, 0.5) is 13.2 Å². The SMILES string of the molecule is FC(F)(F)CCCCCCCCCc1ccc(Cl)cc1. The number of hydrogen-bond donors (Lipinski definition) is 0. The Bertz CT molecular complexity index is 357. The third kappa shape index (κ3) is 9.24. The summed E-state index contributed by atoms with van der Waals surface area (Å²) >= 11 is 5.81. The molecule has 0 saturated carbocycles. The monoisotopic (exact) mass is 306 g/mol. The van der Waals surface area contributed by atoms with Crippen molar-refractivity contribution in [2.45, 2.75) is 64.0 Å². The molecule has 0 aromatic heterocycles. The first-order valence-electron chi connectivity index (χ1n) is 7.28. The molecule has 0 nitrogen and oxygen atoms in total. The van der Waals surface area contributed by atoms with Crippen LogP contribution in [0.1, 0.15) is 56.9 Å². The van der Waals surface area contributed by atoms with E-state index in [1.165, 1.54) is 5.56 Å². The summed E-state index contributed by atoms with van der Waals surface area (Å²) in [6.07, 6.45) is 2.72. The van der Waals surface area contributed by atoms with Gasteiger partial charge in [-0.25, -0.2) is 0 Å². The first-order chi connectivity index (χ1) is 9.47. The van der Waals surface area contributed by atoms with Gasteiger partial charge in [0.05, 0.1) is 0 Å². The lowest BCUT2D eigenvalue weighted by molar-refractivity contribution is -0.135. The molecule has 0 atom stereocenters. The molecule has 0 unspecified atom stereocenters. The molecule has 0 heterocycles. The summed E-state index contributed by atoms with van der Waals surface area (Å²) in [5.41, 5.74) is 1.29. The molecule has 0 radical (unpaired) electrons. The third-order valence-corrected chi connectivity index (χ3v) is 3.59. The van der Waals surface area contributed by atoms with Crippen molar-refractivity contribution in [1.82, 2.24) is 0 Å². The highest BCUT2D eigenvalue weighted by molar-refractivity contribution is 6.30. The second-order valence-corrected chi connectivity index (χ2v) is 5.65. The summed E-state index contributed by atoms with van der Waals surface area (Å²) in [5.74, 6) is 0. The Kier molecular flexibility index (Phi) is 8.05. The lowest BCUT2D eigenvalue weighted by Gasteiger charge is -2.05. The maximum atomic E-state index is 11.9. The van der Waals surface area contributed by atoms with Crippen LogP contribution in [0, 0.1) is 0 Å². The number of aryl methyl sites for hydroxylation is 1. The Morgan fingerprint density at radius 1 is 0.750 bits per heavy atom. The van der Waals surface area contributed by atoms with Crippen molar-refractivity contribution < 1.29 is 13.2 Å². The number of benzene rings is 1. The molecule has 0 saturated heterocycles. The van der Waals surface area contributed by atoms with Crippen LogP contribution in [-0.4, -0.2) is 6.18 Å². The highest BCUT2D eigenvalue weighted by Gasteiger charge is 2.25. The van der Waals surface area contributed by atoms with Gasteiger partial charge >= 0.3 is 6.18 Å². The molecular weight excluding hydrogens is 285 g/mol. The van der Waals surface area contributed by atoms with E-state index in [1.54, 1.807) is 0 Å². The lowest BCUT2D eigenvalue weighted by Crippen LogP contribution is -2.06. The van der Waals surface area contributed by atoms with Gasteiger partial charge in [0.2, 0.25) is 0 Å². The summed E-state index contributed by atoms with van der Waals surface area (Å²) in [6, 6.07) is 7.88. The highest BCUT2D eigenvalue weighted by atomic mass is 35.5. The molecule has 1 rings (SSSR count). The van der Waals surface area contributed by atoms with Crippen LogP contribution in [0.5, 0.6) is 0 Å². The van der Waals surface area contributed by atoms with Gasteiger partial charge in [0.25, 0.3) is 0 Å². The zero-order chi connectivity index (χ0) is 14.8. The Labute approximate surface area is 124 Å². The minimum absolute atomic E-state index is 0.272. The molecule has 114 valence electrons. The van der Waals surface area contributed by atoms with Gasteiger partial charge in [0.1, 0.15) is 0 Å². The van der Waals surface area contributed by atoms with Gasteiger partial charge in [0.15, 0.2) is 0 Å². The molecule has 1 aromatic carbocycles. The normalized spacial score (nSPS) is 11.8. The molecule has 0 bridgehead atoms. The zero-order valence-electron chi connectivity index (χ0n) is 11.7. The molecule has 4 heteroatoms. The van der Waals surface area contributed by atoms with E-state index in [9.17, 15) is 13.2 Å². The maximum absolute atomic E-state index is 11.9. The van der Waals surface area contributed by atoms with E-state index in [1.807, 2.05) is 24.3 Å². The zero-order valence-corrected chi connectivity index (χ0v) is 12.4. The van der Waals surface area contributed by atoms with E-state index < -0.39 is 12.6 Å². The average Bonchev–Trinajstić information content (AvgIpc) is 2.37. The van der Waals surface area contributed by atoms with Gasteiger partial charge in [-0.15, -0.1) is 0 Å². The van der Waals surface area contributed by atoms with E-state index in [-0.39, 0.29) is 6.42 Å². The van der Waals surface area contributed by atoms with Gasteiger partial charge in [-0.1, -0.05) is 55.8 Å². The fourth-order valence-electron chi connectivity index (χ4n) is 2.19. The molecule has 0 spiro atoms. The maximum Gasteiger partial charge on any atom is 0.389 e. The minimum Gasteiger partial charge on any atom is -0.171 e. The molecule has 0 fully saturated rings. The van der Waals surface area contributed by atoms with E-state index in [0.717, 1.165) is 43.5 Å². The summed E-state index contributed by atoms with van der Waals surface area (Å²) in [4.78, 5) is 0. The van der Waals surface area contributed by atoms with Gasteiger partial charge in [-0.3, -0.25) is 0 Å². The molecule has 0 aliphatic carbocycles. The predicted octanol–water partition coefficient (Wildman–Crippen LogP) is 6.57. The van der Waals surface area contributed by atoms with Gasteiger partial charge < -0.3 is 0 Å². The molecular formula is C16H22ClF3. The van der Waals surface area contributed by atoms with Crippen molar-refractivity contribution in [1.29, 1.82) is 0 Å². The van der Waals surface area contributed by atoms with Gasteiger partial charge in [-0.05, 0) is 37.0 Å². The fraction of sp³-hybridized carbons (Fsp3) is 0.625. The van der Waals surface area contributed by atoms with Crippen LogP contribution in [0.3, 0.4) is 0 Å². The number of rotatable bonds is 9. The summed E-state index contributed by atoms with van der Waals surface area (Å²) in [5, 5.41) is 0.757. The Morgan fingerprint density at radius 2 is 1.25 bits per heavy atom. The smallest absolute Gasteiger partial charge is 0.171 e. The highest BCUT2D eigenvalue weighted by Crippen LogP contribution is 2.23. The predicted molar refractivity (Wildman–Crippen MR) is 78.1 cm³/mol. The van der Waals surface area contributed by atoms with Crippen LogP contribution >= 0.6 is 11.6 Å². The van der Waals surface area contributed by atoms with Crippen molar-refractivity contribution >= 4 is 11.6 Å². The van der Waals surface area contributed by atoms with Crippen molar-refractivity contribution in [2.24, 2.45) is 0 Å². The second-order valence-electron chi connectivity index (χ2n) is 5.22. The molecule has 1 aromatic rings. The van der Waals surface area contributed by atoms with Crippen molar-refractivity contribution in [3.05, 3.63) is 34.9 Å². The summed E-state index contributed by atoms with van der Waals surface area (Å²) < 4.78 is 35.7. The molecule has 0 N–H and O–H groups in total. The quantitative estimate of drug-likeness (QED) is 0.453. The summed E-state index contributed by atoms with van der Waals surface area (Å²) in [6.45, 7) is 0. The Morgan fingerprint density at radius 3 is 1.80 bits per heavy atom. The Balaban J connectivity index is 1.91. The largest absolute Gasteiger partial charge is 0.389 e. The lowest BCUT2D eigenvalue weighted by atomic mass is 10.0. The molecule has 0 amide bonds. The van der Waals surface area contributed by atoms with Crippen LogP contribution in [0.25, 0.3) is 0 Å². The number of hydrogen-bond acceptors (Lipinski definition) is 0. The first-order valence-corrected chi connectivity index (χ1v) is 7.66. The van der Waals surface area contributed by atoms with E-state index in [2.05, 4.69) is 0 Å². The number of alkyl halides is 3. The van der Waals surface area contributed by atoms with Crippen LogP contribution in [0.2, 0.25) is 5.02 Å². The third-order valence-electron chi connectivity index (χ3n) is 3.34. The van der Waals surface area contributed by atoms with Crippen LogP contribution < -0.4 is 0 Å². The summed E-state index contributed by atoms with van der Waals surface area (Å²) in [7, 11) is 0. The minimum atomic E-state index is -3.99. The van der Waals surface area contributed by atoms with Crippen LogP contribution in [-0.2, 0) is 6.42 Å². The number of unbranched alkanes of at least 4 members (excludes halogenated alkanes) is 6. The van der Waals surface area contributed by atoms with E-state index in [4.69, 9.17) is 11.6 Å². The fourth-order valence-corrected chi connectivity index (χ4v) is 2.32. The Hall–Kier alpha value is -0.700. The van der Waals surface area contributed by atoms with Crippen molar-refractivity contribution in [3.63, 3.8) is 0 Å². The van der Waals surface area contributed by atoms with Crippen molar-refractivity contribution in [3.8, 4) is 0 Å². The van der Waals surface area contributed by atoms with Crippen molar-refractivity contribution in [2.75, 3.05) is 0 Å². The molecule has 0 aliphatic rings. The van der Waals surface area contributed by atoms with Crippen LogP contribution in [0.15, 0.2) is 24.3 Å². The van der Waals surface area contributed by atoms with E-state index in [0.29, 0.717) is 6.42 Å². The second kappa shape index (κ2) is 9.28. The van der Waals surface area contributed by atoms with Gasteiger partial charge in [0, 0.05) is 11.4 Å². The topological polar surface area (TPSA) is 0 Å². The number of halogens is 4. The molecule has 0 aliphatic heterocycles. The van der Waals surface area contributed by atoms with Gasteiger partial charge in [-0.2, -0.15) is 13.2 Å².